The smallest absolute Gasteiger partial charge is 0.129 e. The normalized spacial score (nSPS) is 17.2. The molecule has 1 aliphatic rings. The van der Waals surface area contributed by atoms with Crippen LogP contribution in [0.5, 0.6) is 0 Å². The average Bonchev–Trinajstić information content (AvgIpc) is 2.33. The fourth-order valence-electron chi connectivity index (χ4n) is 2.67. The predicted molar refractivity (Wildman–Crippen MR) is 74.1 cm³/mol. The van der Waals surface area contributed by atoms with Crippen molar-refractivity contribution in [3.63, 3.8) is 0 Å². The Morgan fingerprint density at radius 1 is 1.32 bits per heavy atom. The third-order valence-electron chi connectivity index (χ3n) is 4.01. The second-order valence-electron chi connectivity index (χ2n) is 5.62. The summed E-state index contributed by atoms with van der Waals surface area (Å²) in [5, 5.41) is 3.50. The van der Waals surface area contributed by atoms with Gasteiger partial charge in [0.2, 0.25) is 0 Å². The van der Waals surface area contributed by atoms with Gasteiger partial charge in [-0.05, 0) is 43.4 Å². The van der Waals surface area contributed by atoms with E-state index in [2.05, 4.69) is 12.2 Å². The minimum absolute atomic E-state index is 0.310. The summed E-state index contributed by atoms with van der Waals surface area (Å²) >= 11 is 0. The van der Waals surface area contributed by atoms with E-state index in [1.165, 1.54) is 25.3 Å². The number of nitrogens with one attached hydrogen (secondary N) is 1. The first-order chi connectivity index (χ1) is 9.19. The maximum atomic E-state index is 13.7. The molecule has 1 atom stereocenters. The van der Waals surface area contributed by atoms with Crippen LogP contribution in [-0.4, -0.2) is 12.6 Å². The zero-order chi connectivity index (χ0) is 13.7. The van der Waals surface area contributed by atoms with E-state index in [9.17, 15) is 8.78 Å². The van der Waals surface area contributed by atoms with Crippen LogP contribution in [0.15, 0.2) is 18.2 Å². The molecule has 0 radical (unpaired) electrons. The predicted octanol–water partition coefficient (Wildman–Crippen LogP) is 4.07. The van der Waals surface area contributed by atoms with E-state index in [1.807, 2.05) is 0 Å². The van der Waals surface area contributed by atoms with E-state index in [-0.39, 0.29) is 0 Å². The van der Waals surface area contributed by atoms with Gasteiger partial charge in [0.1, 0.15) is 11.6 Å². The van der Waals surface area contributed by atoms with Crippen molar-refractivity contribution in [3.8, 4) is 0 Å². The molecule has 3 heteroatoms. The Bertz CT molecular complexity index is 402. The van der Waals surface area contributed by atoms with Crippen LogP contribution in [0.25, 0.3) is 0 Å². The molecule has 1 aromatic carbocycles. The third-order valence-corrected chi connectivity index (χ3v) is 4.01. The van der Waals surface area contributed by atoms with Crippen LogP contribution in [-0.2, 0) is 6.42 Å². The van der Waals surface area contributed by atoms with E-state index in [4.69, 9.17) is 0 Å². The first-order valence-electron chi connectivity index (χ1n) is 7.36. The summed E-state index contributed by atoms with van der Waals surface area (Å²) in [6.45, 7) is 3.09. The first kappa shape index (κ1) is 14.4. The minimum Gasteiger partial charge on any atom is -0.314 e. The first-order valence-corrected chi connectivity index (χ1v) is 7.36. The second kappa shape index (κ2) is 6.99. The highest BCUT2D eigenvalue weighted by Crippen LogP contribution is 2.31. The van der Waals surface area contributed by atoms with Gasteiger partial charge >= 0.3 is 0 Å². The molecule has 1 nitrogen and oxygen atoms in total. The summed E-state index contributed by atoms with van der Waals surface area (Å²) < 4.78 is 26.6. The number of rotatable bonds is 7. The second-order valence-corrected chi connectivity index (χ2v) is 5.62. The lowest BCUT2D eigenvalue weighted by molar-refractivity contribution is 0.258. The maximum Gasteiger partial charge on any atom is 0.129 e. The summed E-state index contributed by atoms with van der Waals surface area (Å²) in [6, 6.07) is 4.21. The van der Waals surface area contributed by atoms with Crippen LogP contribution in [0, 0.1) is 17.6 Å². The molecule has 0 aliphatic heterocycles. The fourth-order valence-corrected chi connectivity index (χ4v) is 2.67. The van der Waals surface area contributed by atoms with Gasteiger partial charge in [-0.1, -0.05) is 32.3 Å². The van der Waals surface area contributed by atoms with Gasteiger partial charge in [0, 0.05) is 12.1 Å². The summed E-state index contributed by atoms with van der Waals surface area (Å²) in [5.74, 6) is -0.131. The van der Waals surface area contributed by atoms with E-state index in [0.717, 1.165) is 31.4 Å². The molecule has 0 heterocycles. The molecular formula is C16H23F2N. The topological polar surface area (TPSA) is 12.0 Å². The Morgan fingerprint density at radius 2 is 2.11 bits per heavy atom. The van der Waals surface area contributed by atoms with Crippen molar-refractivity contribution in [2.24, 2.45) is 5.92 Å². The lowest BCUT2D eigenvalue weighted by Gasteiger charge is -2.30. The molecule has 0 amide bonds. The molecule has 0 bridgehead atoms. The van der Waals surface area contributed by atoms with Crippen molar-refractivity contribution in [1.82, 2.24) is 5.32 Å². The maximum absolute atomic E-state index is 13.7. The summed E-state index contributed by atoms with van der Waals surface area (Å²) in [5.41, 5.74) is 0.620. The molecule has 1 saturated carbocycles. The molecular weight excluding hydrogens is 244 g/mol. The van der Waals surface area contributed by atoms with Crippen molar-refractivity contribution < 1.29 is 8.78 Å². The minimum atomic E-state index is -0.502. The molecule has 0 spiro atoms. The quantitative estimate of drug-likeness (QED) is 0.785. The Morgan fingerprint density at radius 3 is 2.68 bits per heavy atom. The Balaban J connectivity index is 1.96. The van der Waals surface area contributed by atoms with E-state index < -0.39 is 11.6 Å². The lowest BCUT2D eigenvalue weighted by atomic mass is 9.80. The van der Waals surface area contributed by atoms with Crippen LogP contribution in [0.1, 0.15) is 44.6 Å². The monoisotopic (exact) mass is 267 g/mol. The lowest BCUT2D eigenvalue weighted by Crippen LogP contribution is -2.35. The molecule has 1 aromatic rings. The van der Waals surface area contributed by atoms with E-state index in [0.29, 0.717) is 18.0 Å². The van der Waals surface area contributed by atoms with Gasteiger partial charge in [-0.2, -0.15) is 0 Å². The summed E-state index contributed by atoms with van der Waals surface area (Å²) in [7, 11) is 0. The molecule has 1 fully saturated rings. The molecule has 0 aromatic heterocycles. The number of halogens is 2. The van der Waals surface area contributed by atoms with Gasteiger partial charge < -0.3 is 5.32 Å². The average molecular weight is 267 g/mol. The van der Waals surface area contributed by atoms with Crippen molar-refractivity contribution in [2.45, 2.75) is 51.5 Å². The SMILES string of the molecule is CCCNC(Cc1ccc(F)cc1F)CC1CCC1. The Labute approximate surface area is 114 Å². The Hall–Kier alpha value is -0.960. The van der Waals surface area contributed by atoms with Crippen LogP contribution in [0.2, 0.25) is 0 Å². The highest BCUT2D eigenvalue weighted by atomic mass is 19.1. The molecule has 2 rings (SSSR count). The molecule has 0 saturated heterocycles. The van der Waals surface area contributed by atoms with Crippen LogP contribution < -0.4 is 5.32 Å². The van der Waals surface area contributed by atoms with Crippen LogP contribution in [0.4, 0.5) is 8.78 Å². The standard InChI is InChI=1S/C16H23F2N/c1-2-8-19-15(9-12-4-3-5-12)10-13-6-7-14(17)11-16(13)18/h6-7,11-12,15,19H,2-5,8-10H2,1H3. The van der Waals surface area contributed by atoms with Crippen molar-refractivity contribution in [2.75, 3.05) is 6.54 Å². The van der Waals surface area contributed by atoms with Crippen LogP contribution >= 0.6 is 0 Å². The summed E-state index contributed by atoms with van der Waals surface area (Å²) in [4.78, 5) is 0. The molecule has 1 N–H and O–H groups in total. The zero-order valence-corrected chi connectivity index (χ0v) is 11.6. The van der Waals surface area contributed by atoms with Crippen molar-refractivity contribution in [3.05, 3.63) is 35.4 Å². The van der Waals surface area contributed by atoms with Gasteiger partial charge in [-0.25, -0.2) is 8.78 Å². The highest BCUT2D eigenvalue weighted by Gasteiger charge is 2.22. The number of hydrogen-bond donors (Lipinski definition) is 1. The highest BCUT2D eigenvalue weighted by molar-refractivity contribution is 5.19. The van der Waals surface area contributed by atoms with Gasteiger partial charge in [-0.15, -0.1) is 0 Å². The zero-order valence-electron chi connectivity index (χ0n) is 11.6. The van der Waals surface area contributed by atoms with Gasteiger partial charge in [-0.3, -0.25) is 0 Å². The third kappa shape index (κ3) is 4.27. The van der Waals surface area contributed by atoms with E-state index >= 15 is 0 Å². The fraction of sp³-hybridized carbons (Fsp3) is 0.625. The van der Waals surface area contributed by atoms with Crippen molar-refractivity contribution >= 4 is 0 Å². The summed E-state index contributed by atoms with van der Waals surface area (Å²) in [6.07, 6.45) is 6.77. The van der Waals surface area contributed by atoms with Gasteiger partial charge in [0.25, 0.3) is 0 Å². The molecule has 1 unspecified atom stereocenters. The van der Waals surface area contributed by atoms with Gasteiger partial charge in [0.05, 0.1) is 0 Å². The number of benzene rings is 1. The molecule has 1 aliphatic carbocycles. The van der Waals surface area contributed by atoms with E-state index in [1.54, 1.807) is 6.07 Å². The molecule has 19 heavy (non-hydrogen) atoms. The van der Waals surface area contributed by atoms with Crippen molar-refractivity contribution in [1.29, 1.82) is 0 Å². The van der Waals surface area contributed by atoms with Crippen LogP contribution in [0.3, 0.4) is 0 Å². The number of hydrogen-bond acceptors (Lipinski definition) is 1. The van der Waals surface area contributed by atoms with Gasteiger partial charge in [0.15, 0.2) is 0 Å². The Kier molecular flexibility index (Phi) is 5.32. The largest absolute Gasteiger partial charge is 0.314 e. The molecule has 106 valence electrons.